The van der Waals surface area contributed by atoms with Crippen molar-refractivity contribution in [2.45, 2.75) is 57.6 Å². The first-order valence-electron chi connectivity index (χ1n) is 9.83. The van der Waals surface area contributed by atoms with Crippen molar-refractivity contribution in [3.8, 4) is 12.3 Å². The number of alkyl carbamates (subject to hydrolysis) is 1. The van der Waals surface area contributed by atoms with Crippen molar-refractivity contribution < 1.29 is 27.5 Å². The molecule has 0 saturated heterocycles. The van der Waals surface area contributed by atoms with Gasteiger partial charge in [-0.25, -0.2) is 13.2 Å². The van der Waals surface area contributed by atoms with Gasteiger partial charge in [0.2, 0.25) is 5.91 Å². The molecule has 0 fully saturated rings. The van der Waals surface area contributed by atoms with Crippen LogP contribution in [0, 0.1) is 18.3 Å². The van der Waals surface area contributed by atoms with E-state index in [-0.39, 0.29) is 30.9 Å². The Kier molecular flexibility index (Phi) is 9.59. The molecule has 0 radical (unpaired) electrons. The van der Waals surface area contributed by atoms with Crippen molar-refractivity contribution in [2.24, 2.45) is 5.92 Å². The van der Waals surface area contributed by atoms with Crippen LogP contribution in [-0.4, -0.2) is 62.3 Å². The van der Waals surface area contributed by atoms with E-state index in [0.717, 1.165) is 0 Å². The molecule has 1 aliphatic rings. The lowest BCUT2D eigenvalue weighted by atomic mass is 9.98. The van der Waals surface area contributed by atoms with Gasteiger partial charge in [0, 0.05) is 6.54 Å². The minimum absolute atomic E-state index is 0.0150. The molecule has 3 unspecified atom stereocenters. The van der Waals surface area contributed by atoms with Crippen molar-refractivity contribution in [1.29, 1.82) is 0 Å². The number of ether oxygens (including phenoxy) is 2. The van der Waals surface area contributed by atoms with Crippen LogP contribution in [0.4, 0.5) is 4.79 Å². The van der Waals surface area contributed by atoms with E-state index in [4.69, 9.17) is 15.9 Å². The van der Waals surface area contributed by atoms with Crippen LogP contribution in [0.15, 0.2) is 24.3 Å². The third kappa shape index (κ3) is 6.89. The van der Waals surface area contributed by atoms with Gasteiger partial charge in [-0.2, -0.15) is 0 Å². The maximum absolute atomic E-state index is 13.0. The Morgan fingerprint density at radius 1 is 1.23 bits per heavy atom. The van der Waals surface area contributed by atoms with E-state index < -0.39 is 38.7 Å². The van der Waals surface area contributed by atoms with Gasteiger partial charge in [-0.05, 0) is 26.7 Å². The number of nitrogens with one attached hydrogen (secondary N) is 2. The van der Waals surface area contributed by atoms with E-state index in [1.807, 2.05) is 0 Å². The monoisotopic (exact) mass is 440 g/mol. The summed E-state index contributed by atoms with van der Waals surface area (Å²) in [6.07, 6.45) is 10.0. The molecule has 30 heavy (non-hydrogen) atoms. The van der Waals surface area contributed by atoms with E-state index in [2.05, 4.69) is 16.6 Å². The molecule has 1 rings (SSSR count). The first kappa shape index (κ1) is 25.7. The van der Waals surface area contributed by atoms with Gasteiger partial charge >= 0.3 is 6.09 Å². The number of allylic oxidation sites excluding steroid dienone is 2. The Bertz CT molecular complexity index is 810. The van der Waals surface area contributed by atoms with E-state index >= 15 is 0 Å². The minimum Gasteiger partial charge on any atom is -0.447 e. The summed E-state index contributed by atoms with van der Waals surface area (Å²) in [4.78, 5) is 24.3. The Morgan fingerprint density at radius 3 is 2.47 bits per heavy atom. The van der Waals surface area contributed by atoms with E-state index in [9.17, 15) is 18.0 Å². The molecule has 2 N–H and O–H groups in total. The molecule has 0 heterocycles. The molecular formula is C21H32N2O6S. The highest BCUT2D eigenvalue weighted by Gasteiger charge is 2.44. The highest BCUT2D eigenvalue weighted by Crippen LogP contribution is 2.30. The van der Waals surface area contributed by atoms with Crippen LogP contribution >= 0.6 is 0 Å². The number of carbonyl (C=O) groups excluding carboxylic acids is 2. The highest BCUT2D eigenvalue weighted by atomic mass is 32.2. The summed E-state index contributed by atoms with van der Waals surface area (Å²) in [6, 6.07) is -0.848. The molecule has 2 amide bonds. The lowest BCUT2D eigenvalue weighted by molar-refractivity contribution is -0.123. The van der Waals surface area contributed by atoms with Crippen molar-refractivity contribution in [2.75, 3.05) is 18.9 Å². The predicted octanol–water partition coefficient (Wildman–Crippen LogP) is 1.58. The molecule has 8 nitrogen and oxygen atoms in total. The van der Waals surface area contributed by atoms with Crippen LogP contribution in [-0.2, 0) is 24.1 Å². The Hall–Kier alpha value is -2.31. The lowest BCUT2D eigenvalue weighted by Gasteiger charge is -2.34. The molecule has 1 aliphatic carbocycles. The smallest absolute Gasteiger partial charge is 0.408 e. The van der Waals surface area contributed by atoms with Crippen molar-refractivity contribution in [3.05, 3.63) is 24.3 Å². The summed E-state index contributed by atoms with van der Waals surface area (Å²) in [7, 11) is -3.70. The number of hydrogen-bond donors (Lipinski definition) is 2. The quantitative estimate of drug-likeness (QED) is 0.499. The Labute approximate surface area is 179 Å². The van der Waals surface area contributed by atoms with Crippen LogP contribution in [0.1, 0.15) is 34.6 Å². The molecule has 0 saturated carbocycles. The molecular weight excluding hydrogens is 408 g/mol. The lowest BCUT2D eigenvalue weighted by Crippen LogP contribution is -2.52. The number of carbonyl (C=O) groups is 2. The molecule has 0 aromatic rings. The summed E-state index contributed by atoms with van der Waals surface area (Å²) in [5, 5.41) is 5.10. The molecule has 0 aliphatic heterocycles. The largest absolute Gasteiger partial charge is 0.447 e. The van der Waals surface area contributed by atoms with Crippen LogP contribution in [0.3, 0.4) is 0 Å². The first-order valence-corrected chi connectivity index (χ1v) is 11.5. The zero-order valence-corrected chi connectivity index (χ0v) is 19.0. The number of hydrogen-bond acceptors (Lipinski definition) is 6. The second-order valence-electron chi connectivity index (χ2n) is 7.79. The molecule has 0 bridgehead atoms. The molecule has 0 spiro atoms. The number of amides is 2. The average molecular weight is 441 g/mol. The van der Waals surface area contributed by atoms with Gasteiger partial charge in [-0.1, -0.05) is 44.1 Å². The summed E-state index contributed by atoms with van der Waals surface area (Å²) in [5.74, 6) is 1.34. The predicted molar refractivity (Wildman–Crippen MR) is 115 cm³/mol. The SMILES string of the molecule is C#CCOC1C=CC=CC1(C)S(=O)(=O)CCNC(=O)C(NC(=O)OC(C)C)C(C)C. The third-order valence-corrected chi connectivity index (χ3v) is 7.09. The summed E-state index contributed by atoms with van der Waals surface area (Å²) in [6.45, 7) is 8.37. The van der Waals surface area contributed by atoms with Crippen molar-refractivity contribution >= 4 is 21.8 Å². The number of rotatable bonds is 10. The maximum atomic E-state index is 13.0. The molecule has 3 atom stereocenters. The second-order valence-corrected chi connectivity index (χ2v) is 10.3. The minimum atomic E-state index is -3.70. The zero-order chi connectivity index (χ0) is 22.9. The molecule has 168 valence electrons. The average Bonchev–Trinajstić information content (AvgIpc) is 2.64. The van der Waals surface area contributed by atoms with Crippen LogP contribution in [0.2, 0.25) is 0 Å². The fourth-order valence-electron chi connectivity index (χ4n) is 2.89. The summed E-state index contributed by atoms with van der Waals surface area (Å²) < 4.78 is 35.2. The van der Waals surface area contributed by atoms with Crippen LogP contribution < -0.4 is 10.6 Å². The van der Waals surface area contributed by atoms with E-state index in [0.29, 0.717) is 0 Å². The Balaban J connectivity index is 2.76. The van der Waals surface area contributed by atoms with E-state index in [1.54, 1.807) is 58.9 Å². The molecule has 0 aromatic heterocycles. The third-order valence-electron chi connectivity index (χ3n) is 4.64. The number of terminal acetylenes is 1. The van der Waals surface area contributed by atoms with E-state index in [1.165, 1.54) is 0 Å². The zero-order valence-electron chi connectivity index (χ0n) is 18.2. The van der Waals surface area contributed by atoms with Gasteiger partial charge in [-0.15, -0.1) is 6.42 Å². The summed E-state index contributed by atoms with van der Waals surface area (Å²) in [5.41, 5.74) is 0. The normalized spacial score (nSPS) is 21.9. The van der Waals surface area contributed by atoms with Gasteiger partial charge in [0.05, 0.1) is 11.9 Å². The second kappa shape index (κ2) is 11.2. The fourth-order valence-corrected chi connectivity index (χ4v) is 4.48. The summed E-state index contributed by atoms with van der Waals surface area (Å²) >= 11 is 0. The first-order chi connectivity index (χ1) is 13.9. The van der Waals surface area contributed by atoms with Gasteiger partial charge in [0.15, 0.2) is 9.84 Å². The van der Waals surface area contributed by atoms with Crippen LogP contribution in [0.25, 0.3) is 0 Å². The van der Waals surface area contributed by atoms with Crippen molar-refractivity contribution in [3.63, 3.8) is 0 Å². The Morgan fingerprint density at radius 2 is 1.90 bits per heavy atom. The fraction of sp³-hybridized carbons (Fsp3) is 0.619. The van der Waals surface area contributed by atoms with Crippen molar-refractivity contribution in [1.82, 2.24) is 10.6 Å². The van der Waals surface area contributed by atoms with Gasteiger partial charge < -0.3 is 20.1 Å². The van der Waals surface area contributed by atoms with Gasteiger partial charge in [0.1, 0.15) is 23.5 Å². The highest BCUT2D eigenvalue weighted by molar-refractivity contribution is 7.93. The van der Waals surface area contributed by atoms with Gasteiger partial charge in [-0.3, -0.25) is 4.79 Å². The standard InChI is InChI=1S/C21H32N2O6S/c1-7-13-28-17-10-8-9-11-21(17,6)30(26,27)14-12-22-19(24)18(15(2)3)23-20(25)29-16(4)5/h1,8-11,15-18H,12-14H2,2-6H3,(H,22,24)(H,23,25). The molecule has 0 aromatic carbocycles. The van der Waals surface area contributed by atoms with Gasteiger partial charge in [0.25, 0.3) is 0 Å². The molecule has 9 heteroatoms. The topological polar surface area (TPSA) is 111 Å². The van der Waals surface area contributed by atoms with Crippen LogP contribution in [0.5, 0.6) is 0 Å². The maximum Gasteiger partial charge on any atom is 0.408 e. The number of sulfone groups is 1.